The molecule has 1 rings (SSSR count). The normalized spacial score (nSPS) is 31.5. The molecule has 0 bridgehead atoms. The first-order valence-electron chi connectivity index (χ1n) is 3.12. The summed E-state index contributed by atoms with van der Waals surface area (Å²) >= 11 is 1.87. The second kappa shape index (κ2) is 2.74. The Bertz CT molecular complexity index is 74.9. The Labute approximate surface area is 55.6 Å². The van der Waals surface area contributed by atoms with Gasteiger partial charge in [0.05, 0.1) is 0 Å². The van der Waals surface area contributed by atoms with Crippen molar-refractivity contribution in [3.63, 3.8) is 0 Å². The zero-order chi connectivity index (χ0) is 5.98. The molecule has 1 nitrogen and oxygen atoms in total. The molecule has 2 heteroatoms. The third-order valence-corrected chi connectivity index (χ3v) is 2.49. The summed E-state index contributed by atoms with van der Waals surface area (Å²) in [7, 11) is 0. The number of hydrogen-bond acceptors (Lipinski definition) is 2. The maximum Gasteiger partial charge on any atom is 0.0115 e. The number of hydrogen-bond donors (Lipinski definition) is 0. The first-order valence-corrected chi connectivity index (χ1v) is 4.30. The van der Waals surface area contributed by atoms with Crippen LogP contribution >= 0.6 is 11.9 Å². The average Bonchev–Trinajstić information content (AvgIpc) is 2.14. The second-order valence-corrected chi connectivity index (χ2v) is 3.35. The van der Waals surface area contributed by atoms with Gasteiger partial charge in [-0.2, -0.15) is 0 Å². The standard InChI is InChI=1S/C6H13NS/c1-6-3-4-7(5-6)8-2/h6H,3-5H2,1-2H3. The summed E-state index contributed by atoms with van der Waals surface area (Å²) in [4.78, 5) is 0. The van der Waals surface area contributed by atoms with Crippen LogP contribution in [-0.4, -0.2) is 23.7 Å². The van der Waals surface area contributed by atoms with Crippen LogP contribution in [-0.2, 0) is 0 Å². The lowest BCUT2D eigenvalue weighted by Gasteiger charge is -2.08. The number of nitrogens with zero attached hydrogens (tertiary/aromatic N) is 1. The summed E-state index contributed by atoms with van der Waals surface area (Å²) in [5, 5.41) is 0. The third kappa shape index (κ3) is 1.39. The molecule has 0 aromatic rings. The topological polar surface area (TPSA) is 3.24 Å². The summed E-state index contributed by atoms with van der Waals surface area (Å²) in [6.07, 6.45) is 3.54. The zero-order valence-corrected chi connectivity index (χ0v) is 6.37. The molecule has 1 aliphatic rings. The lowest BCUT2D eigenvalue weighted by atomic mass is 10.2. The van der Waals surface area contributed by atoms with Crippen LogP contribution in [0, 0.1) is 5.92 Å². The molecule has 0 radical (unpaired) electrons. The SMILES string of the molecule is CSN1CCC(C)C1. The third-order valence-electron chi connectivity index (χ3n) is 1.64. The molecule has 0 N–H and O–H groups in total. The summed E-state index contributed by atoms with van der Waals surface area (Å²) in [6.45, 7) is 4.90. The Kier molecular flexibility index (Phi) is 2.20. The molecule has 0 aromatic carbocycles. The fourth-order valence-corrected chi connectivity index (χ4v) is 1.75. The first-order chi connectivity index (χ1) is 3.83. The van der Waals surface area contributed by atoms with Gasteiger partial charge in [0.15, 0.2) is 0 Å². The van der Waals surface area contributed by atoms with E-state index in [1.165, 1.54) is 19.5 Å². The van der Waals surface area contributed by atoms with E-state index in [9.17, 15) is 0 Å². The fourth-order valence-electron chi connectivity index (χ4n) is 1.06. The van der Waals surface area contributed by atoms with Crippen LogP contribution < -0.4 is 0 Å². The van der Waals surface area contributed by atoms with E-state index in [2.05, 4.69) is 17.5 Å². The Morgan fingerprint density at radius 3 is 2.62 bits per heavy atom. The zero-order valence-electron chi connectivity index (χ0n) is 5.55. The highest BCUT2D eigenvalue weighted by Crippen LogP contribution is 2.19. The van der Waals surface area contributed by atoms with E-state index in [4.69, 9.17) is 0 Å². The molecule has 0 aliphatic carbocycles. The summed E-state index contributed by atoms with van der Waals surface area (Å²) in [5.41, 5.74) is 0. The molecule has 1 heterocycles. The Hall–Kier alpha value is 0.310. The fraction of sp³-hybridized carbons (Fsp3) is 1.00. The lowest BCUT2D eigenvalue weighted by Crippen LogP contribution is -2.09. The van der Waals surface area contributed by atoms with Gasteiger partial charge in [-0.3, -0.25) is 4.31 Å². The summed E-state index contributed by atoms with van der Waals surface area (Å²) < 4.78 is 2.42. The maximum absolute atomic E-state index is 2.42. The molecule has 1 unspecified atom stereocenters. The molecular weight excluding hydrogens is 118 g/mol. The Morgan fingerprint density at radius 2 is 2.38 bits per heavy atom. The van der Waals surface area contributed by atoms with Gasteiger partial charge in [0.1, 0.15) is 0 Å². The molecule has 0 saturated carbocycles. The van der Waals surface area contributed by atoms with Crippen LogP contribution in [0.4, 0.5) is 0 Å². The lowest BCUT2D eigenvalue weighted by molar-refractivity contribution is 0.551. The second-order valence-electron chi connectivity index (χ2n) is 2.46. The molecule has 1 atom stereocenters. The van der Waals surface area contributed by atoms with Gasteiger partial charge < -0.3 is 0 Å². The molecule has 0 spiro atoms. The van der Waals surface area contributed by atoms with Crippen molar-refractivity contribution in [1.29, 1.82) is 0 Å². The Balaban J connectivity index is 2.22. The van der Waals surface area contributed by atoms with Crippen LogP contribution in [0.25, 0.3) is 0 Å². The quantitative estimate of drug-likeness (QED) is 0.497. The van der Waals surface area contributed by atoms with Gasteiger partial charge in [-0.25, -0.2) is 0 Å². The van der Waals surface area contributed by atoms with Crippen LogP contribution in [0.15, 0.2) is 0 Å². The van der Waals surface area contributed by atoms with E-state index in [1.807, 2.05) is 11.9 Å². The van der Waals surface area contributed by atoms with Gasteiger partial charge in [0.2, 0.25) is 0 Å². The smallest absolute Gasteiger partial charge is 0.0115 e. The highest BCUT2D eigenvalue weighted by Gasteiger charge is 2.16. The molecule has 1 saturated heterocycles. The van der Waals surface area contributed by atoms with E-state index in [-0.39, 0.29) is 0 Å². The molecule has 1 fully saturated rings. The van der Waals surface area contributed by atoms with Crippen molar-refractivity contribution in [2.24, 2.45) is 5.92 Å². The van der Waals surface area contributed by atoms with E-state index in [0.29, 0.717) is 0 Å². The minimum Gasteiger partial charge on any atom is -0.251 e. The maximum atomic E-state index is 2.42. The van der Waals surface area contributed by atoms with E-state index < -0.39 is 0 Å². The summed E-state index contributed by atoms with van der Waals surface area (Å²) in [5.74, 6) is 0.933. The largest absolute Gasteiger partial charge is 0.251 e. The Morgan fingerprint density at radius 1 is 1.62 bits per heavy atom. The molecule has 8 heavy (non-hydrogen) atoms. The van der Waals surface area contributed by atoms with Crippen LogP contribution in [0.2, 0.25) is 0 Å². The highest BCUT2D eigenvalue weighted by atomic mass is 32.2. The molecule has 0 aromatic heterocycles. The predicted octanol–water partition coefficient (Wildman–Crippen LogP) is 1.61. The van der Waals surface area contributed by atoms with Crippen molar-refractivity contribution in [3.05, 3.63) is 0 Å². The van der Waals surface area contributed by atoms with Crippen molar-refractivity contribution in [2.45, 2.75) is 13.3 Å². The van der Waals surface area contributed by atoms with Crippen molar-refractivity contribution >= 4 is 11.9 Å². The van der Waals surface area contributed by atoms with Crippen molar-refractivity contribution in [1.82, 2.24) is 4.31 Å². The van der Waals surface area contributed by atoms with Gasteiger partial charge in [0, 0.05) is 13.1 Å². The molecule has 48 valence electrons. The molecule has 1 aliphatic heterocycles. The number of rotatable bonds is 1. The average molecular weight is 131 g/mol. The summed E-state index contributed by atoms with van der Waals surface area (Å²) in [6, 6.07) is 0. The van der Waals surface area contributed by atoms with E-state index in [1.54, 1.807) is 0 Å². The first kappa shape index (κ1) is 6.43. The minimum absolute atomic E-state index is 0.933. The molecule has 0 amide bonds. The monoisotopic (exact) mass is 131 g/mol. The van der Waals surface area contributed by atoms with Gasteiger partial charge in [0.25, 0.3) is 0 Å². The molecular formula is C6H13NS. The van der Waals surface area contributed by atoms with E-state index in [0.717, 1.165) is 5.92 Å². The van der Waals surface area contributed by atoms with Gasteiger partial charge in [-0.1, -0.05) is 18.9 Å². The van der Waals surface area contributed by atoms with Crippen LogP contribution in [0.5, 0.6) is 0 Å². The highest BCUT2D eigenvalue weighted by molar-refractivity contribution is 7.96. The van der Waals surface area contributed by atoms with Gasteiger partial charge >= 0.3 is 0 Å². The van der Waals surface area contributed by atoms with E-state index >= 15 is 0 Å². The van der Waals surface area contributed by atoms with Crippen molar-refractivity contribution in [3.8, 4) is 0 Å². The van der Waals surface area contributed by atoms with Gasteiger partial charge in [-0.15, -0.1) is 0 Å². The van der Waals surface area contributed by atoms with Crippen LogP contribution in [0.1, 0.15) is 13.3 Å². The predicted molar refractivity (Wildman–Crippen MR) is 38.9 cm³/mol. The van der Waals surface area contributed by atoms with Gasteiger partial charge in [-0.05, 0) is 18.6 Å². The van der Waals surface area contributed by atoms with Crippen molar-refractivity contribution < 1.29 is 0 Å². The minimum atomic E-state index is 0.933. The van der Waals surface area contributed by atoms with Crippen LogP contribution in [0.3, 0.4) is 0 Å². The van der Waals surface area contributed by atoms with Crippen molar-refractivity contribution in [2.75, 3.05) is 19.3 Å².